The molecule has 6 heteroatoms. The van der Waals surface area contributed by atoms with Crippen molar-refractivity contribution < 1.29 is 4.79 Å². The van der Waals surface area contributed by atoms with Gasteiger partial charge in [-0.15, -0.1) is 5.10 Å². The van der Waals surface area contributed by atoms with Crippen LogP contribution in [0.4, 0.5) is 5.69 Å². The van der Waals surface area contributed by atoms with E-state index in [9.17, 15) is 4.79 Å². The smallest absolute Gasteiger partial charge is 0.230 e. The van der Waals surface area contributed by atoms with Gasteiger partial charge in [-0.3, -0.25) is 4.79 Å². The Labute approximate surface area is 123 Å². The number of anilines is 1. The van der Waals surface area contributed by atoms with Crippen molar-refractivity contribution in [3.63, 3.8) is 0 Å². The number of nitrogens with zero attached hydrogens (tertiary/aromatic N) is 4. The van der Waals surface area contributed by atoms with Gasteiger partial charge >= 0.3 is 0 Å². The van der Waals surface area contributed by atoms with Gasteiger partial charge in [-0.25, -0.2) is 4.68 Å². The molecule has 1 amide bonds. The van der Waals surface area contributed by atoms with E-state index in [1.807, 2.05) is 25.1 Å². The second-order valence-corrected chi connectivity index (χ2v) is 5.98. The van der Waals surface area contributed by atoms with E-state index in [0.29, 0.717) is 0 Å². The van der Waals surface area contributed by atoms with Crippen LogP contribution in [-0.2, 0) is 4.79 Å². The molecular formula is C15H19N5O. The largest absolute Gasteiger partial charge is 0.326 e. The van der Waals surface area contributed by atoms with Crippen molar-refractivity contribution in [2.24, 2.45) is 5.41 Å². The minimum Gasteiger partial charge on any atom is -0.326 e. The van der Waals surface area contributed by atoms with Crippen molar-refractivity contribution in [2.45, 2.75) is 39.5 Å². The summed E-state index contributed by atoms with van der Waals surface area (Å²) in [6.07, 6.45) is 5.78. The lowest BCUT2D eigenvalue weighted by atomic mass is 9.88. The SMILES string of the molecule is Cc1cc(NC(=O)C2(C)CCCC2)ccc1-n1cnnn1. The van der Waals surface area contributed by atoms with E-state index >= 15 is 0 Å². The Hall–Kier alpha value is -2.24. The fourth-order valence-corrected chi connectivity index (χ4v) is 2.93. The monoisotopic (exact) mass is 285 g/mol. The highest BCUT2D eigenvalue weighted by molar-refractivity contribution is 5.95. The van der Waals surface area contributed by atoms with Gasteiger partial charge in [0.2, 0.25) is 5.91 Å². The van der Waals surface area contributed by atoms with Crippen LogP contribution in [0.15, 0.2) is 24.5 Å². The molecule has 0 aliphatic heterocycles. The van der Waals surface area contributed by atoms with Gasteiger partial charge in [0.15, 0.2) is 0 Å². The number of benzene rings is 1. The van der Waals surface area contributed by atoms with Crippen molar-refractivity contribution in [3.8, 4) is 5.69 Å². The van der Waals surface area contributed by atoms with Gasteiger partial charge in [-0.1, -0.05) is 19.8 Å². The summed E-state index contributed by atoms with van der Waals surface area (Å²) in [5.74, 6) is 0.120. The average molecular weight is 285 g/mol. The number of hydrogen-bond acceptors (Lipinski definition) is 4. The molecule has 0 bridgehead atoms. The highest BCUT2D eigenvalue weighted by Gasteiger charge is 2.36. The van der Waals surface area contributed by atoms with Crippen LogP contribution in [-0.4, -0.2) is 26.1 Å². The lowest BCUT2D eigenvalue weighted by molar-refractivity contribution is -0.124. The third kappa shape index (κ3) is 2.66. The van der Waals surface area contributed by atoms with Crippen LogP contribution in [0.3, 0.4) is 0 Å². The van der Waals surface area contributed by atoms with Crippen LogP contribution < -0.4 is 5.32 Å². The Balaban J connectivity index is 1.78. The molecule has 1 saturated carbocycles. The second-order valence-electron chi connectivity index (χ2n) is 5.98. The third-order valence-corrected chi connectivity index (χ3v) is 4.31. The van der Waals surface area contributed by atoms with Crippen LogP contribution >= 0.6 is 0 Å². The van der Waals surface area contributed by atoms with E-state index in [1.54, 1.807) is 11.0 Å². The first-order valence-corrected chi connectivity index (χ1v) is 7.24. The maximum absolute atomic E-state index is 12.4. The van der Waals surface area contributed by atoms with Gasteiger partial charge in [-0.2, -0.15) is 0 Å². The summed E-state index contributed by atoms with van der Waals surface area (Å²) in [5.41, 5.74) is 2.52. The number of rotatable bonds is 3. The number of tetrazole rings is 1. The molecule has 110 valence electrons. The first kappa shape index (κ1) is 13.7. The van der Waals surface area contributed by atoms with Gasteiger partial charge in [0.05, 0.1) is 5.69 Å². The summed E-state index contributed by atoms with van der Waals surface area (Å²) in [5, 5.41) is 14.2. The quantitative estimate of drug-likeness (QED) is 0.940. The molecule has 6 nitrogen and oxygen atoms in total. The minimum atomic E-state index is -0.220. The molecule has 21 heavy (non-hydrogen) atoms. The number of carbonyl (C=O) groups excluding carboxylic acids is 1. The second kappa shape index (κ2) is 5.27. The normalized spacial score (nSPS) is 16.9. The Morgan fingerprint density at radius 3 is 2.71 bits per heavy atom. The zero-order valence-electron chi connectivity index (χ0n) is 12.3. The summed E-state index contributed by atoms with van der Waals surface area (Å²) >= 11 is 0. The number of hydrogen-bond donors (Lipinski definition) is 1. The number of aryl methyl sites for hydroxylation is 1. The van der Waals surface area contributed by atoms with E-state index in [1.165, 1.54) is 0 Å². The van der Waals surface area contributed by atoms with Crippen LogP contribution in [0.1, 0.15) is 38.2 Å². The molecule has 0 saturated heterocycles. The van der Waals surface area contributed by atoms with Gasteiger partial charge in [-0.05, 0) is 54.0 Å². The molecule has 0 radical (unpaired) electrons. The van der Waals surface area contributed by atoms with Crippen molar-refractivity contribution >= 4 is 11.6 Å². The van der Waals surface area contributed by atoms with Crippen LogP contribution in [0, 0.1) is 12.3 Å². The van der Waals surface area contributed by atoms with Gasteiger partial charge in [0.1, 0.15) is 6.33 Å². The Morgan fingerprint density at radius 1 is 1.33 bits per heavy atom. The Bertz CT molecular complexity index is 644. The highest BCUT2D eigenvalue weighted by atomic mass is 16.2. The van der Waals surface area contributed by atoms with E-state index in [0.717, 1.165) is 42.6 Å². The first-order valence-electron chi connectivity index (χ1n) is 7.24. The highest BCUT2D eigenvalue weighted by Crippen LogP contribution is 2.38. The molecule has 0 spiro atoms. The summed E-state index contributed by atoms with van der Waals surface area (Å²) in [6, 6.07) is 5.76. The predicted molar refractivity (Wildman–Crippen MR) is 79.1 cm³/mol. The fourth-order valence-electron chi connectivity index (χ4n) is 2.93. The molecule has 3 rings (SSSR count). The number of amides is 1. The van der Waals surface area contributed by atoms with E-state index < -0.39 is 0 Å². The average Bonchev–Trinajstić information content (AvgIpc) is 3.11. The molecule has 1 heterocycles. The van der Waals surface area contributed by atoms with Crippen LogP contribution in [0.25, 0.3) is 5.69 Å². The van der Waals surface area contributed by atoms with Crippen molar-refractivity contribution in [3.05, 3.63) is 30.1 Å². The van der Waals surface area contributed by atoms with Crippen molar-refractivity contribution in [2.75, 3.05) is 5.32 Å². The Kier molecular flexibility index (Phi) is 3.45. The molecule has 1 aromatic carbocycles. The van der Waals surface area contributed by atoms with Gasteiger partial charge < -0.3 is 5.32 Å². The van der Waals surface area contributed by atoms with Gasteiger partial charge in [0, 0.05) is 11.1 Å². The standard InChI is InChI=1S/C15H19N5O/c1-11-9-12(5-6-13(11)20-10-16-18-19-20)17-14(21)15(2)7-3-4-8-15/h5-6,9-10H,3-4,7-8H2,1-2H3,(H,17,21). The van der Waals surface area contributed by atoms with Gasteiger partial charge in [0.25, 0.3) is 0 Å². The molecule has 1 aliphatic rings. The zero-order valence-corrected chi connectivity index (χ0v) is 12.3. The Morgan fingerprint density at radius 2 is 2.10 bits per heavy atom. The summed E-state index contributed by atoms with van der Waals surface area (Å²) in [7, 11) is 0. The maximum Gasteiger partial charge on any atom is 0.230 e. The fraction of sp³-hybridized carbons (Fsp3) is 0.467. The molecule has 0 atom stereocenters. The van der Waals surface area contributed by atoms with Crippen molar-refractivity contribution in [1.82, 2.24) is 20.2 Å². The molecule has 1 N–H and O–H groups in total. The lowest BCUT2D eigenvalue weighted by Gasteiger charge is -2.22. The van der Waals surface area contributed by atoms with Crippen LogP contribution in [0.2, 0.25) is 0 Å². The third-order valence-electron chi connectivity index (χ3n) is 4.31. The zero-order chi connectivity index (χ0) is 14.9. The number of nitrogens with one attached hydrogen (secondary N) is 1. The molecule has 1 aromatic heterocycles. The maximum atomic E-state index is 12.4. The first-order chi connectivity index (χ1) is 10.1. The summed E-state index contributed by atoms with van der Waals surface area (Å²) in [6.45, 7) is 4.03. The van der Waals surface area contributed by atoms with E-state index in [2.05, 4.69) is 27.8 Å². The summed E-state index contributed by atoms with van der Waals surface area (Å²) in [4.78, 5) is 12.4. The molecule has 1 aliphatic carbocycles. The molecule has 2 aromatic rings. The summed E-state index contributed by atoms with van der Waals surface area (Å²) < 4.78 is 1.61. The predicted octanol–water partition coefficient (Wildman–Crippen LogP) is 2.49. The van der Waals surface area contributed by atoms with Crippen molar-refractivity contribution in [1.29, 1.82) is 0 Å². The molecule has 1 fully saturated rings. The van der Waals surface area contributed by atoms with E-state index in [-0.39, 0.29) is 11.3 Å². The molecule has 0 unspecified atom stereocenters. The minimum absolute atomic E-state index is 0.120. The number of carbonyl (C=O) groups is 1. The topological polar surface area (TPSA) is 72.7 Å². The lowest BCUT2D eigenvalue weighted by Crippen LogP contribution is -2.30. The van der Waals surface area contributed by atoms with E-state index in [4.69, 9.17) is 0 Å². The van der Waals surface area contributed by atoms with Crippen LogP contribution in [0.5, 0.6) is 0 Å². The molecular weight excluding hydrogens is 266 g/mol. The number of aromatic nitrogens is 4.